The van der Waals surface area contributed by atoms with Gasteiger partial charge < -0.3 is 4.13 Å². The van der Waals surface area contributed by atoms with Crippen molar-refractivity contribution in [3.63, 3.8) is 0 Å². The Morgan fingerprint density at radius 1 is 0.923 bits per heavy atom. The Bertz CT molecular complexity index is 401. The van der Waals surface area contributed by atoms with Crippen LogP contribution in [0.4, 0.5) is 0 Å². The highest BCUT2D eigenvalue weighted by atomic mass is 32.3. The van der Waals surface area contributed by atoms with Crippen LogP contribution in [0.15, 0.2) is 9.81 Å². The van der Waals surface area contributed by atoms with Gasteiger partial charge in [-0.25, -0.2) is 16.8 Å². The second-order valence-electron chi connectivity index (χ2n) is 2.58. The molecule has 1 aliphatic rings. The number of nitrogens with zero attached hydrogens (tertiary/aromatic N) is 1. The van der Waals surface area contributed by atoms with Crippen molar-refractivity contribution in [1.29, 1.82) is 0 Å². The Morgan fingerprint density at radius 3 is 1.46 bits per heavy atom. The number of sulfonamides is 2. The summed E-state index contributed by atoms with van der Waals surface area (Å²) in [5.41, 5.74) is 0. The lowest BCUT2D eigenvalue weighted by Crippen LogP contribution is -1.96. The van der Waals surface area contributed by atoms with Crippen molar-refractivity contribution in [1.82, 2.24) is 0 Å². The summed E-state index contributed by atoms with van der Waals surface area (Å²) in [6.07, 6.45) is 0.350. The van der Waals surface area contributed by atoms with Crippen LogP contribution in [0.3, 0.4) is 0 Å². The van der Waals surface area contributed by atoms with Gasteiger partial charge >= 0.3 is 0 Å². The van der Waals surface area contributed by atoms with E-state index in [1.165, 1.54) is 0 Å². The van der Waals surface area contributed by atoms with Crippen molar-refractivity contribution in [2.75, 3.05) is 0 Å². The minimum Gasteiger partial charge on any atom is -0.428 e. The van der Waals surface area contributed by atoms with E-state index in [0.717, 1.165) is 0 Å². The van der Waals surface area contributed by atoms with Crippen molar-refractivity contribution in [2.24, 2.45) is 0 Å². The van der Waals surface area contributed by atoms with E-state index < -0.39 is 20.0 Å². The SMILES string of the molecule is CCC1=C(CC)S(=O)(=O)[N-]S1(=O)=O. The van der Waals surface area contributed by atoms with Crippen molar-refractivity contribution >= 4 is 20.0 Å². The molecule has 0 amide bonds. The van der Waals surface area contributed by atoms with E-state index in [-0.39, 0.29) is 22.7 Å². The van der Waals surface area contributed by atoms with Gasteiger partial charge in [0.25, 0.3) is 0 Å². The third-order valence-electron chi connectivity index (χ3n) is 1.77. The first-order valence-electron chi connectivity index (χ1n) is 3.81. The number of allylic oxidation sites excluding steroid dienone is 2. The second-order valence-corrected chi connectivity index (χ2v) is 6.06. The standard InChI is InChI=1S/C6H10NO4S2/c1-3-5-6(4-2)13(10,11)7-12(5,8)9/h3-4H2,1-2H3/q-1. The molecule has 0 aromatic heterocycles. The van der Waals surface area contributed by atoms with Crippen LogP contribution in [-0.4, -0.2) is 16.8 Å². The van der Waals surface area contributed by atoms with Crippen LogP contribution in [-0.2, 0) is 20.0 Å². The topological polar surface area (TPSA) is 82.4 Å². The molecule has 0 aromatic rings. The fraction of sp³-hybridized carbons (Fsp3) is 0.667. The van der Waals surface area contributed by atoms with E-state index in [4.69, 9.17) is 0 Å². The van der Waals surface area contributed by atoms with Gasteiger partial charge in [-0.1, -0.05) is 13.8 Å². The number of hydrogen-bond acceptors (Lipinski definition) is 4. The quantitative estimate of drug-likeness (QED) is 0.702. The van der Waals surface area contributed by atoms with Crippen LogP contribution in [0, 0.1) is 0 Å². The third kappa shape index (κ3) is 1.63. The van der Waals surface area contributed by atoms with Gasteiger partial charge in [0.2, 0.25) is 0 Å². The zero-order valence-electron chi connectivity index (χ0n) is 7.31. The molecule has 1 heterocycles. The lowest BCUT2D eigenvalue weighted by molar-refractivity contribution is 0.605. The van der Waals surface area contributed by atoms with Crippen molar-refractivity contribution < 1.29 is 16.8 Å². The minimum atomic E-state index is -3.89. The Hall–Kier alpha value is -0.400. The highest BCUT2D eigenvalue weighted by Gasteiger charge is 2.27. The van der Waals surface area contributed by atoms with Crippen molar-refractivity contribution in [2.45, 2.75) is 26.7 Å². The van der Waals surface area contributed by atoms with E-state index in [1.807, 2.05) is 0 Å². The second kappa shape index (κ2) is 3.07. The molecule has 1 aliphatic heterocycles. The molecular weight excluding hydrogens is 214 g/mol. The molecule has 0 fully saturated rings. The van der Waals surface area contributed by atoms with Crippen LogP contribution < -0.4 is 0 Å². The molecule has 0 atom stereocenters. The summed E-state index contributed by atoms with van der Waals surface area (Å²) in [4.78, 5) is -0.120. The Kier molecular flexibility index (Phi) is 2.52. The van der Waals surface area contributed by atoms with E-state index in [9.17, 15) is 16.8 Å². The molecule has 0 saturated heterocycles. The van der Waals surface area contributed by atoms with Gasteiger partial charge in [0.05, 0.1) is 0 Å². The molecule has 0 spiro atoms. The average Bonchev–Trinajstić information content (AvgIpc) is 2.13. The van der Waals surface area contributed by atoms with Crippen LogP contribution in [0.1, 0.15) is 26.7 Å². The van der Waals surface area contributed by atoms with Crippen LogP contribution in [0.5, 0.6) is 0 Å². The molecule has 5 nitrogen and oxygen atoms in total. The summed E-state index contributed by atoms with van der Waals surface area (Å²) in [6.45, 7) is 3.19. The number of rotatable bonds is 2. The molecule has 0 aliphatic carbocycles. The molecule has 0 bridgehead atoms. The maximum atomic E-state index is 11.2. The first-order chi connectivity index (χ1) is 5.85. The fourth-order valence-electron chi connectivity index (χ4n) is 1.27. The maximum Gasteiger partial charge on any atom is 0.109 e. The van der Waals surface area contributed by atoms with Crippen LogP contribution in [0.25, 0.3) is 4.13 Å². The van der Waals surface area contributed by atoms with Gasteiger partial charge in [0.15, 0.2) is 0 Å². The Labute approximate surface area is 77.9 Å². The average molecular weight is 224 g/mol. The normalized spacial score (nSPS) is 25.1. The van der Waals surface area contributed by atoms with Gasteiger partial charge in [0, 0.05) is 9.81 Å². The molecule has 0 aromatic carbocycles. The van der Waals surface area contributed by atoms with E-state index >= 15 is 0 Å². The van der Waals surface area contributed by atoms with Crippen LogP contribution >= 0.6 is 0 Å². The number of hydrogen-bond donors (Lipinski definition) is 0. The van der Waals surface area contributed by atoms with Gasteiger partial charge in [0.1, 0.15) is 20.0 Å². The third-order valence-corrected chi connectivity index (χ3v) is 5.79. The largest absolute Gasteiger partial charge is 0.428 e. The Morgan fingerprint density at radius 2 is 1.23 bits per heavy atom. The molecular formula is C6H10NO4S2-. The summed E-state index contributed by atoms with van der Waals surface area (Å²) in [7, 11) is -7.78. The molecule has 1 rings (SSSR count). The summed E-state index contributed by atoms with van der Waals surface area (Å²) in [5, 5.41) is 0. The Balaban J connectivity index is 3.50. The van der Waals surface area contributed by atoms with Crippen molar-refractivity contribution in [3.8, 4) is 0 Å². The summed E-state index contributed by atoms with van der Waals surface area (Å²) >= 11 is 0. The van der Waals surface area contributed by atoms with E-state index in [1.54, 1.807) is 13.8 Å². The summed E-state index contributed by atoms with van der Waals surface area (Å²) in [6, 6.07) is 0. The lowest BCUT2D eigenvalue weighted by Gasteiger charge is -2.09. The van der Waals surface area contributed by atoms with Crippen LogP contribution in [0.2, 0.25) is 0 Å². The monoisotopic (exact) mass is 224 g/mol. The lowest BCUT2D eigenvalue weighted by atomic mass is 10.3. The maximum absolute atomic E-state index is 11.2. The molecule has 0 saturated carbocycles. The van der Waals surface area contributed by atoms with Gasteiger partial charge in [-0.15, -0.1) is 0 Å². The van der Waals surface area contributed by atoms with E-state index in [0.29, 0.717) is 0 Å². The fourth-order valence-corrected chi connectivity index (χ4v) is 5.24. The van der Waals surface area contributed by atoms with Crippen molar-refractivity contribution in [3.05, 3.63) is 13.9 Å². The van der Waals surface area contributed by atoms with Gasteiger partial charge in [-0.2, -0.15) is 0 Å². The summed E-state index contributed by atoms with van der Waals surface area (Å²) < 4.78 is 47.5. The van der Waals surface area contributed by atoms with Gasteiger partial charge in [-0.05, 0) is 12.8 Å². The van der Waals surface area contributed by atoms with E-state index in [2.05, 4.69) is 4.13 Å². The minimum absolute atomic E-state index is 0.0602. The van der Waals surface area contributed by atoms with Gasteiger partial charge in [-0.3, -0.25) is 0 Å². The molecule has 0 unspecified atom stereocenters. The highest BCUT2D eigenvalue weighted by molar-refractivity contribution is 8.18. The summed E-state index contributed by atoms with van der Waals surface area (Å²) in [5.74, 6) is 0. The highest BCUT2D eigenvalue weighted by Crippen LogP contribution is 2.38. The zero-order valence-corrected chi connectivity index (χ0v) is 8.94. The predicted octanol–water partition coefficient (Wildman–Crippen LogP) is 1.06. The zero-order chi connectivity index (χ0) is 10.3. The molecule has 0 N–H and O–H groups in total. The molecule has 0 radical (unpaired) electrons. The molecule has 13 heavy (non-hydrogen) atoms. The smallest absolute Gasteiger partial charge is 0.109 e. The predicted molar refractivity (Wildman–Crippen MR) is 48.8 cm³/mol. The first kappa shape index (κ1) is 10.7. The molecule has 7 heteroatoms. The first-order valence-corrected chi connectivity index (χ1v) is 6.69. The molecule has 76 valence electrons.